The van der Waals surface area contributed by atoms with Gasteiger partial charge in [-0.25, -0.2) is 0 Å². The van der Waals surface area contributed by atoms with Crippen LogP contribution >= 0.6 is 0 Å². The fraction of sp³-hybridized carbons (Fsp3) is 0.750. The Hall–Kier alpha value is -0.340. The topological polar surface area (TPSA) is 29.5 Å². The summed E-state index contributed by atoms with van der Waals surface area (Å²) in [5, 5.41) is 9.15. The van der Waals surface area contributed by atoms with Gasteiger partial charge in [-0.2, -0.15) is 0 Å². The quantitative estimate of drug-likeness (QED) is 0.603. The van der Waals surface area contributed by atoms with Gasteiger partial charge in [0, 0.05) is 0 Å². The Labute approximate surface area is 62.5 Å². The molecule has 0 aromatic rings. The van der Waals surface area contributed by atoms with Gasteiger partial charge in [-0.15, -0.1) is 0 Å². The molecule has 1 N–H and O–H groups in total. The summed E-state index contributed by atoms with van der Waals surface area (Å²) < 4.78 is 5.15. The van der Waals surface area contributed by atoms with Crippen LogP contribution in [0.4, 0.5) is 0 Å². The van der Waals surface area contributed by atoms with Crippen molar-refractivity contribution < 1.29 is 9.84 Å². The van der Waals surface area contributed by atoms with Gasteiger partial charge < -0.3 is 9.84 Å². The minimum Gasteiger partial charge on any atom is -0.386 e. The molecule has 2 heteroatoms. The number of hydrogen-bond donors (Lipinski definition) is 1. The van der Waals surface area contributed by atoms with E-state index in [9.17, 15) is 0 Å². The van der Waals surface area contributed by atoms with E-state index >= 15 is 0 Å². The van der Waals surface area contributed by atoms with Gasteiger partial charge >= 0.3 is 0 Å². The van der Waals surface area contributed by atoms with E-state index in [0.717, 1.165) is 5.57 Å². The molecular weight excluding hydrogens is 128 g/mol. The van der Waals surface area contributed by atoms with Crippen LogP contribution in [0.15, 0.2) is 12.2 Å². The molecule has 0 aromatic heterocycles. The molecule has 0 radical (unpaired) electrons. The van der Waals surface area contributed by atoms with Crippen molar-refractivity contribution in [1.82, 2.24) is 0 Å². The highest BCUT2D eigenvalue weighted by atomic mass is 16.5. The maximum Gasteiger partial charge on any atom is 0.0978 e. The van der Waals surface area contributed by atoms with E-state index in [1.165, 1.54) is 0 Å². The molecule has 0 rings (SSSR count). The molecule has 0 saturated heterocycles. The summed E-state index contributed by atoms with van der Waals surface area (Å²) in [6.45, 7) is 9.61. The van der Waals surface area contributed by atoms with Crippen molar-refractivity contribution in [1.29, 1.82) is 0 Å². The Kier molecular flexibility index (Phi) is 4.32. The first-order valence-electron chi connectivity index (χ1n) is 3.49. The normalized spacial score (nSPS) is 13.7. The van der Waals surface area contributed by atoms with Crippen molar-refractivity contribution in [3.8, 4) is 0 Å². The highest BCUT2D eigenvalue weighted by Gasteiger charge is 2.04. The van der Waals surface area contributed by atoms with Gasteiger partial charge in [-0.3, -0.25) is 0 Å². The summed E-state index contributed by atoms with van der Waals surface area (Å²) in [5.41, 5.74) is 0.751. The predicted molar refractivity (Wildman–Crippen MR) is 41.9 cm³/mol. The van der Waals surface area contributed by atoms with Crippen LogP contribution in [0.5, 0.6) is 0 Å². The summed E-state index contributed by atoms with van der Waals surface area (Å²) >= 11 is 0. The zero-order valence-corrected chi connectivity index (χ0v) is 6.92. The van der Waals surface area contributed by atoms with Crippen LogP contribution in [0.2, 0.25) is 0 Å². The minimum absolute atomic E-state index is 0.175. The van der Waals surface area contributed by atoms with Crippen molar-refractivity contribution >= 4 is 0 Å². The molecule has 0 aliphatic rings. The number of hydrogen-bond acceptors (Lipinski definition) is 2. The second kappa shape index (κ2) is 4.47. The Balaban J connectivity index is 3.40. The van der Waals surface area contributed by atoms with Crippen LogP contribution in [-0.2, 0) is 4.74 Å². The van der Waals surface area contributed by atoms with Crippen molar-refractivity contribution in [2.45, 2.75) is 33.0 Å². The Morgan fingerprint density at radius 1 is 1.60 bits per heavy atom. The van der Waals surface area contributed by atoms with Crippen molar-refractivity contribution in [2.75, 3.05) is 6.61 Å². The van der Waals surface area contributed by atoms with Crippen molar-refractivity contribution in [2.24, 2.45) is 0 Å². The Morgan fingerprint density at radius 2 is 2.10 bits per heavy atom. The van der Waals surface area contributed by atoms with Gasteiger partial charge in [-0.05, 0) is 26.3 Å². The number of aliphatic hydroxyl groups is 1. The van der Waals surface area contributed by atoms with Crippen LogP contribution in [0.3, 0.4) is 0 Å². The van der Waals surface area contributed by atoms with Crippen LogP contribution in [0.25, 0.3) is 0 Å². The molecule has 0 heterocycles. The van der Waals surface area contributed by atoms with E-state index < -0.39 is 6.10 Å². The number of rotatable bonds is 4. The average Bonchev–Trinajstić information content (AvgIpc) is 1.82. The number of aliphatic hydroxyl groups excluding tert-OH is 1. The van der Waals surface area contributed by atoms with Gasteiger partial charge in [0.2, 0.25) is 0 Å². The molecule has 10 heavy (non-hydrogen) atoms. The van der Waals surface area contributed by atoms with E-state index in [1.54, 1.807) is 6.92 Å². The number of ether oxygens (including phenoxy) is 1. The molecule has 0 fully saturated rings. The average molecular weight is 144 g/mol. The molecule has 0 spiro atoms. The maximum atomic E-state index is 9.15. The summed E-state index contributed by atoms with van der Waals surface area (Å²) in [4.78, 5) is 0. The molecule has 2 nitrogen and oxygen atoms in total. The molecule has 0 amide bonds. The lowest BCUT2D eigenvalue weighted by atomic mass is 10.2. The summed E-state index contributed by atoms with van der Waals surface area (Å²) in [6, 6.07) is 0. The van der Waals surface area contributed by atoms with E-state index in [1.807, 2.05) is 13.8 Å². The van der Waals surface area contributed by atoms with Gasteiger partial charge in [0.05, 0.1) is 18.8 Å². The lowest BCUT2D eigenvalue weighted by Crippen LogP contribution is -2.18. The third kappa shape index (κ3) is 4.53. The zero-order valence-electron chi connectivity index (χ0n) is 6.92. The first-order chi connectivity index (χ1) is 4.54. The van der Waals surface area contributed by atoms with Gasteiger partial charge in [0.25, 0.3) is 0 Å². The molecule has 0 aliphatic heterocycles. The molecule has 1 unspecified atom stereocenters. The third-order valence-electron chi connectivity index (χ3n) is 1.16. The van der Waals surface area contributed by atoms with Crippen LogP contribution < -0.4 is 0 Å². The SMILES string of the molecule is C=C(C)C(O)COC(C)C. The van der Waals surface area contributed by atoms with Gasteiger partial charge in [0.1, 0.15) is 0 Å². The van der Waals surface area contributed by atoms with E-state index in [0.29, 0.717) is 6.61 Å². The van der Waals surface area contributed by atoms with Crippen molar-refractivity contribution in [3.05, 3.63) is 12.2 Å². The molecule has 60 valence electrons. The zero-order chi connectivity index (χ0) is 8.15. The molecule has 0 saturated carbocycles. The van der Waals surface area contributed by atoms with Gasteiger partial charge in [-0.1, -0.05) is 6.58 Å². The first kappa shape index (κ1) is 9.66. The van der Waals surface area contributed by atoms with E-state index in [2.05, 4.69) is 6.58 Å². The molecule has 0 aliphatic carbocycles. The minimum atomic E-state index is -0.512. The Bertz CT molecular complexity index is 108. The second-order valence-corrected chi connectivity index (χ2v) is 2.74. The van der Waals surface area contributed by atoms with Crippen LogP contribution in [-0.4, -0.2) is 23.9 Å². The molecule has 1 atom stereocenters. The molecular formula is C8H16O2. The van der Waals surface area contributed by atoms with E-state index in [4.69, 9.17) is 9.84 Å². The predicted octanol–water partition coefficient (Wildman–Crippen LogP) is 1.35. The fourth-order valence-corrected chi connectivity index (χ4v) is 0.426. The van der Waals surface area contributed by atoms with Crippen LogP contribution in [0, 0.1) is 0 Å². The lowest BCUT2D eigenvalue weighted by Gasteiger charge is -2.12. The Morgan fingerprint density at radius 3 is 2.40 bits per heavy atom. The summed E-state index contributed by atoms with van der Waals surface area (Å²) in [5.74, 6) is 0. The second-order valence-electron chi connectivity index (χ2n) is 2.74. The van der Waals surface area contributed by atoms with E-state index in [-0.39, 0.29) is 6.10 Å². The molecule has 0 aromatic carbocycles. The molecule has 0 bridgehead atoms. The van der Waals surface area contributed by atoms with Crippen molar-refractivity contribution in [3.63, 3.8) is 0 Å². The largest absolute Gasteiger partial charge is 0.386 e. The van der Waals surface area contributed by atoms with Gasteiger partial charge in [0.15, 0.2) is 0 Å². The standard InChI is InChI=1S/C8H16O2/c1-6(2)8(9)5-10-7(3)4/h7-9H,1,5H2,2-4H3. The monoisotopic (exact) mass is 144 g/mol. The highest BCUT2D eigenvalue weighted by molar-refractivity contribution is 4.96. The third-order valence-corrected chi connectivity index (χ3v) is 1.16. The first-order valence-corrected chi connectivity index (χ1v) is 3.49. The van der Waals surface area contributed by atoms with Crippen LogP contribution in [0.1, 0.15) is 20.8 Å². The highest BCUT2D eigenvalue weighted by Crippen LogP contribution is 1.99. The summed E-state index contributed by atoms with van der Waals surface area (Å²) in [7, 11) is 0. The maximum absolute atomic E-state index is 9.15. The smallest absolute Gasteiger partial charge is 0.0978 e. The lowest BCUT2D eigenvalue weighted by molar-refractivity contribution is 0.0201. The fourth-order valence-electron chi connectivity index (χ4n) is 0.426. The summed E-state index contributed by atoms with van der Waals surface area (Å²) in [6.07, 6.45) is -0.337.